The van der Waals surface area contributed by atoms with Gasteiger partial charge < -0.3 is 15.2 Å². The SMILES string of the molecule is COC(C)(C)C(=O)Nc1ccc(C(=O)O)cn1. The predicted octanol–water partition coefficient (Wildman–Crippen LogP) is 1.14. The highest BCUT2D eigenvalue weighted by Gasteiger charge is 2.27. The smallest absolute Gasteiger partial charge is 0.337 e. The largest absolute Gasteiger partial charge is 0.478 e. The molecular formula is C11H14N2O4. The maximum Gasteiger partial charge on any atom is 0.337 e. The van der Waals surface area contributed by atoms with Gasteiger partial charge in [-0.1, -0.05) is 0 Å². The Hall–Kier alpha value is -1.95. The molecule has 0 saturated carbocycles. The van der Waals surface area contributed by atoms with Gasteiger partial charge in [-0.15, -0.1) is 0 Å². The Balaban J connectivity index is 2.76. The quantitative estimate of drug-likeness (QED) is 0.821. The van der Waals surface area contributed by atoms with Crippen molar-refractivity contribution in [2.45, 2.75) is 19.4 Å². The molecule has 2 N–H and O–H groups in total. The highest BCUT2D eigenvalue weighted by atomic mass is 16.5. The molecule has 0 fully saturated rings. The number of hydrogen-bond acceptors (Lipinski definition) is 4. The summed E-state index contributed by atoms with van der Waals surface area (Å²) in [4.78, 5) is 26.1. The number of methoxy groups -OCH3 is 1. The summed E-state index contributed by atoms with van der Waals surface area (Å²) < 4.78 is 5.00. The zero-order valence-corrected chi connectivity index (χ0v) is 9.85. The monoisotopic (exact) mass is 238 g/mol. The van der Waals surface area contributed by atoms with Gasteiger partial charge >= 0.3 is 5.97 Å². The predicted molar refractivity (Wildman–Crippen MR) is 60.9 cm³/mol. The molecular weight excluding hydrogens is 224 g/mol. The molecule has 0 unspecified atom stereocenters. The van der Waals surface area contributed by atoms with Gasteiger partial charge in [0.25, 0.3) is 5.91 Å². The van der Waals surface area contributed by atoms with Crippen LogP contribution in [0.4, 0.5) is 5.82 Å². The summed E-state index contributed by atoms with van der Waals surface area (Å²) >= 11 is 0. The first kappa shape index (κ1) is 13.1. The number of rotatable bonds is 4. The first-order valence-corrected chi connectivity index (χ1v) is 4.93. The Morgan fingerprint density at radius 3 is 2.47 bits per heavy atom. The Morgan fingerprint density at radius 2 is 2.06 bits per heavy atom. The number of carboxylic acids is 1. The van der Waals surface area contributed by atoms with Crippen molar-refractivity contribution in [3.63, 3.8) is 0 Å². The van der Waals surface area contributed by atoms with Crippen molar-refractivity contribution < 1.29 is 19.4 Å². The number of hydrogen-bond donors (Lipinski definition) is 2. The highest BCUT2D eigenvalue weighted by molar-refractivity contribution is 5.96. The molecule has 1 heterocycles. The molecule has 0 spiro atoms. The molecule has 0 aliphatic rings. The minimum atomic E-state index is -1.06. The lowest BCUT2D eigenvalue weighted by molar-refractivity contribution is -0.133. The molecule has 0 atom stereocenters. The topological polar surface area (TPSA) is 88.5 Å². The normalized spacial score (nSPS) is 11.0. The van der Waals surface area contributed by atoms with E-state index >= 15 is 0 Å². The van der Waals surface area contributed by atoms with E-state index in [1.165, 1.54) is 25.4 Å². The molecule has 0 saturated heterocycles. The average molecular weight is 238 g/mol. The van der Waals surface area contributed by atoms with E-state index in [0.29, 0.717) is 0 Å². The van der Waals surface area contributed by atoms with Gasteiger partial charge in [0.15, 0.2) is 0 Å². The van der Waals surface area contributed by atoms with Crippen LogP contribution in [0.15, 0.2) is 18.3 Å². The first-order chi connectivity index (χ1) is 7.86. The van der Waals surface area contributed by atoms with Crippen molar-refractivity contribution in [2.24, 2.45) is 0 Å². The van der Waals surface area contributed by atoms with E-state index in [1.54, 1.807) is 13.8 Å². The first-order valence-electron chi connectivity index (χ1n) is 4.93. The fourth-order valence-electron chi connectivity index (χ4n) is 0.954. The van der Waals surface area contributed by atoms with Gasteiger partial charge in [-0.05, 0) is 26.0 Å². The van der Waals surface area contributed by atoms with Gasteiger partial charge in [0.1, 0.15) is 11.4 Å². The van der Waals surface area contributed by atoms with Gasteiger partial charge in [0, 0.05) is 13.3 Å². The van der Waals surface area contributed by atoms with Crippen LogP contribution in [0.25, 0.3) is 0 Å². The minimum absolute atomic E-state index is 0.0639. The number of pyridine rings is 1. The summed E-state index contributed by atoms with van der Waals surface area (Å²) in [5, 5.41) is 11.2. The van der Waals surface area contributed by atoms with Gasteiger partial charge in [-0.3, -0.25) is 4.79 Å². The molecule has 1 aromatic heterocycles. The molecule has 1 aromatic rings. The standard InChI is InChI=1S/C11H14N2O4/c1-11(2,17-3)10(16)13-8-5-4-7(6-12-8)9(14)15/h4-6H,1-3H3,(H,14,15)(H,12,13,16). The van der Waals surface area contributed by atoms with E-state index in [4.69, 9.17) is 9.84 Å². The average Bonchev–Trinajstić information content (AvgIpc) is 2.29. The highest BCUT2D eigenvalue weighted by Crippen LogP contribution is 2.12. The van der Waals surface area contributed by atoms with Crippen LogP contribution < -0.4 is 5.32 Å². The van der Waals surface area contributed by atoms with Crippen LogP contribution in [0.5, 0.6) is 0 Å². The number of carbonyl (C=O) groups is 2. The molecule has 1 amide bonds. The Labute approximate surface area is 98.6 Å². The molecule has 0 aliphatic carbocycles. The molecule has 6 heteroatoms. The molecule has 1 rings (SSSR count). The summed E-state index contributed by atoms with van der Waals surface area (Å²) in [6.07, 6.45) is 1.18. The zero-order chi connectivity index (χ0) is 13.1. The van der Waals surface area contributed by atoms with Crippen LogP contribution in [-0.2, 0) is 9.53 Å². The molecule has 0 radical (unpaired) electrons. The fraction of sp³-hybridized carbons (Fsp3) is 0.364. The number of aromatic carboxylic acids is 1. The molecule has 17 heavy (non-hydrogen) atoms. The summed E-state index contributed by atoms with van der Waals surface area (Å²) in [6.45, 7) is 3.24. The summed E-state index contributed by atoms with van der Waals surface area (Å²) in [5.74, 6) is -1.13. The van der Waals surface area contributed by atoms with Crippen molar-refractivity contribution in [1.29, 1.82) is 0 Å². The van der Waals surface area contributed by atoms with E-state index in [0.717, 1.165) is 0 Å². The van der Waals surface area contributed by atoms with E-state index < -0.39 is 11.6 Å². The van der Waals surface area contributed by atoms with Crippen LogP contribution in [0.1, 0.15) is 24.2 Å². The van der Waals surface area contributed by atoms with Crippen LogP contribution >= 0.6 is 0 Å². The number of ether oxygens (including phenoxy) is 1. The third kappa shape index (κ3) is 3.25. The minimum Gasteiger partial charge on any atom is -0.478 e. The van der Waals surface area contributed by atoms with Crippen LogP contribution in [-0.4, -0.2) is 34.7 Å². The fourth-order valence-corrected chi connectivity index (χ4v) is 0.954. The van der Waals surface area contributed by atoms with Crippen LogP contribution in [0.3, 0.4) is 0 Å². The van der Waals surface area contributed by atoms with Gasteiger partial charge in [-0.25, -0.2) is 9.78 Å². The molecule has 0 aliphatic heterocycles. The summed E-state index contributed by atoms with van der Waals surface area (Å²) in [6, 6.07) is 2.79. The number of aromatic nitrogens is 1. The summed E-state index contributed by atoms with van der Waals surface area (Å²) in [7, 11) is 1.43. The maximum atomic E-state index is 11.7. The van der Waals surface area contributed by atoms with E-state index in [9.17, 15) is 9.59 Å². The Kier molecular flexibility index (Phi) is 3.80. The molecule has 0 bridgehead atoms. The number of nitrogens with zero attached hydrogens (tertiary/aromatic N) is 1. The van der Waals surface area contributed by atoms with Crippen molar-refractivity contribution in [2.75, 3.05) is 12.4 Å². The zero-order valence-electron chi connectivity index (χ0n) is 9.85. The Morgan fingerprint density at radius 1 is 1.41 bits per heavy atom. The summed E-state index contributed by atoms with van der Waals surface area (Å²) in [5.41, 5.74) is -0.901. The van der Waals surface area contributed by atoms with E-state index in [2.05, 4.69) is 10.3 Å². The third-order valence-electron chi connectivity index (χ3n) is 2.31. The van der Waals surface area contributed by atoms with Gasteiger partial charge in [0.2, 0.25) is 0 Å². The second-order valence-corrected chi connectivity index (χ2v) is 3.91. The maximum absolute atomic E-state index is 11.7. The number of amides is 1. The van der Waals surface area contributed by atoms with Crippen molar-refractivity contribution >= 4 is 17.7 Å². The van der Waals surface area contributed by atoms with Crippen molar-refractivity contribution in [3.05, 3.63) is 23.9 Å². The Bertz CT molecular complexity index is 426. The van der Waals surface area contributed by atoms with Gasteiger partial charge in [-0.2, -0.15) is 0 Å². The lowest BCUT2D eigenvalue weighted by atomic mass is 10.1. The lowest BCUT2D eigenvalue weighted by Gasteiger charge is -2.21. The third-order valence-corrected chi connectivity index (χ3v) is 2.31. The van der Waals surface area contributed by atoms with E-state index in [-0.39, 0.29) is 17.3 Å². The second kappa shape index (κ2) is 4.92. The van der Waals surface area contributed by atoms with Crippen molar-refractivity contribution in [1.82, 2.24) is 4.98 Å². The number of carboxylic acid groups (broad SMARTS) is 1. The molecule has 6 nitrogen and oxygen atoms in total. The number of nitrogens with one attached hydrogen (secondary N) is 1. The van der Waals surface area contributed by atoms with Crippen molar-refractivity contribution in [3.8, 4) is 0 Å². The van der Waals surface area contributed by atoms with Gasteiger partial charge in [0.05, 0.1) is 5.56 Å². The molecule has 0 aromatic carbocycles. The van der Waals surface area contributed by atoms with Crippen LogP contribution in [0, 0.1) is 0 Å². The van der Waals surface area contributed by atoms with Crippen LogP contribution in [0.2, 0.25) is 0 Å². The number of anilines is 1. The molecule has 92 valence electrons. The number of carbonyl (C=O) groups excluding carboxylic acids is 1. The lowest BCUT2D eigenvalue weighted by Crippen LogP contribution is -2.39. The van der Waals surface area contributed by atoms with E-state index in [1.807, 2.05) is 0 Å². The second-order valence-electron chi connectivity index (χ2n) is 3.91.